The van der Waals surface area contributed by atoms with Crippen molar-refractivity contribution < 1.29 is 18.7 Å². The lowest BCUT2D eigenvalue weighted by atomic mass is 10.1. The molecule has 2 aromatic rings. The molecule has 2 aromatic carbocycles. The van der Waals surface area contributed by atoms with Crippen molar-refractivity contribution in [1.82, 2.24) is 0 Å². The summed E-state index contributed by atoms with van der Waals surface area (Å²) in [5, 5.41) is 11.5. The molecular formula is C14H11BrF2N2O2. The van der Waals surface area contributed by atoms with Crippen molar-refractivity contribution in [2.75, 3.05) is 0 Å². The van der Waals surface area contributed by atoms with Gasteiger partial charge in [-0.1, -0.05) is 27.2 Å². The summed E-state index contributed by atoms with van der Waals surface area (Å²) in [7, 11) is 0. The number of benzene rings is 2. The lowest BCUT2D eigenvalue weighted by Crippen LogP contribution is -2.17. The monoisotopic (exact) mass is 356 g/mol. The lowest BCUT2D eigenvalue weighted by molar-refractivity contribution is 0.289. The predicted molar refractivity (Wildman–Crippen MR) is 77.3 cm³/mol. The highest BCUT2D eigenvalue weighted by Crippen LogP contribution is 2.24. The largest absolute Gasteiger partial charge is 0.486 e. The Hall–Kier alpha value is -2.15. The van der Waals surface area contributed by atoms with Crippen LogP contribution in [0.5, 0.6) is 5.75 Å². The minimum Gasteiger partial charge on any atom is -0.486 e. The first-order valence-electron chi connectivity index (χ1n) is 5.85. The zero-order valence-corrected chi connectivity index (χ0v) is 12.3. The van der Waals surface area contributed by atoms with E-state index in [9.17, 15) is 8.78 Å². The average Bonchev–Trinajstić information content (AvgIpc) is 2.48. The predicted octanol–water partition coefficient (Wildman–Crippen LogP) is 3.40. The van der Waals surface area contributed by atoms with Crippen LogP contribution in [0, 0.1) is 11.6 Å². The summed E-state index contributed by atoms with van der Waals surface area (Å²) < 4.78 is 32.8. The fourth-order valence-corrected chi connectivity index (χ4v) is 2.05. The van der Waals surface area contributed by atoms with Gasteiger partial charge in [0.15, 0.2) is 17.4 Å². The van der Waals surface area contributed by atoms with Gasteiger partial charge in [-0.15, -0.1) is 0 Å². The van der Waals surface area contributed by atoms with Gasteiger partial charge in [0.05, 0.1) is 0 Å². The fraction of sp³-hybridized carbons (Fsp3) is 0.0714. The molecule has 3 N–H and O–H groups in total. The number of oxime groups is 1. The number of hydrogen-bond donors (Lipinski definition) is 2. The lowest BCUT2D eigenvalue weighted by Gasteiger charge is -2.11. The molecule has 0 fully saturated rings. The number of halogens is 3. The number of amidine groups is 1. The van der Waals surface area contributed by atoms with Gasteiger partial charge in [-0.05, 0) is 30.3 Å². The van der Waals surface area contributed by atoms with E-state index in [1.165, 1.54) is 24.3 Å². The van der Waals surface area contributed by atoms with E-state index in [-0.39, 0.29) is 23.8 Å². The summed E-state index contributed by atoms with van der Waals surface area (Å²) in [5.41, 5.74) is 6.13. The SMILES string of the molecule is N/C(=N/O)c1cc(F)ccc1COc1cc(Br)ccc1F. The normalized spacial score (nSPS) is 11.5. The van der Waals surface area contributed by atoms with E-state index < -0.39 is 11.6 Å². The van der Waals surface area contributed by atoms with Crippen LogP contribution in [0.25, 0.3) is 0 Å². The van der Waals surface area contributed by atoms with Gasteiger partial charge < -0.3 is 15.7 Å². The maximum absolute atomic E-state index is 13.6. The first-order chi connectivity index (χ1) is 10.0. The fourth-order valence-electron chi connectivity index (χ4n) is 1.71. The highest BCUT2D eigenvalue weighted by atomic mass is 79.9. The van der Waals surface area contributed by atoms with Crippen molar-refractivity contribution >= 4 is 21.8 Å². The Morgan fingerprint density at radius 2 is 2.00 bits per heavy atom. The summed E-state index contributed by atoms with van der Waals surface area (Å²) in [6.45, 7) is -0.0563. The quantitative estimate of drug-likeness (QED) is 0.381. The van der Waals surface area contributed by atoms with Crippen LogP contribution in [0.1, 0.15) is 11.1 Å². The molecule has 110 valence electrons. The molecule has 0 aliphatic heterocycles. The molecule has 0 heterocycles. The molecule has 0 aliphatic carbocycles. The van der Waals surface area contributed by atoms with Crippen molar-refractivity contribution in [3.63, 3.8) is 0 Å². The Labute approximate surface area is 128 Å². The molecule has 2 rings (SSSR count). The van der Waals surface area contributed by atoms with E-state index in [2.05, 4.69) is 21.1 Å². The van der Waals surface area contributed by atoms with Crippen LogP contribution in [0.15, 0.2) is 46.0 Å². The molecule has 4 nitrogen and oxygen atoms in total. The third-order valence-corrected chi connectivity index (χ3v) is 3.23. The second-order valence-electron chi connectivity index (χ2n) is 4.15. The summed E-state index contributed by atoms with van der Waals surface area (Å²) in [5.74, 6) is -1.26. The third-order valence-electron chi connectivity index (χ3n) is 2.73. The highest BCUT2D eigenvalue weighted by Gasteiger charge is 2.11. The van der Waals surface area contributed by atoms with E-state index in [4.69, 9.17) is 15.7 Å². The first kappa shape index (κ1) is 15.2. The molecule has 0 spiro atoms. The molecule has 0 bridgehead atoms. The van der Waals surface area contributed by atoms with Gasteiger partial charge in [-0.3, -0.25) is 0 Å². The highest BCUT2D eigenvalue weighted by molar-refractivity contribution is 9.10. The van der Waals surface area contributed by atoms with Gasteiger partial charge in [-0.25, -0.2) is 8.78 Å². The minimum atomic E-state index is -0.533. The molecule has 0 atom stereocenters. The van der Waals surface area contributed by atoms with Crippen LogP contribution in [0.2, 0.25) is 0 Å². The number of rotatable bonds is 4. The maximum Gasteiger partial charge on any atom is 0.170 e. The van der Waals surface area contributed by atoms with E-state index in [0.717, 1.165) is 6.07 Å². The van der Waals surface area contributed by atoms with Gasteiger partial charge in [-0.2, -0.15) is 0 Å². The van der Waals surface area contributed by atoms with E-state index in [0.29, 0.717) is 10.0 Å². The molecule has 0 radical (unpaired) electrons. The van der Waals surface area contributed by atoms with E-state index >= 15 is 0 Å². The molecule has 21 heavy (non-hydrogen) atoms. The van der Waals surface area contributed by atoms with Crippen LogP contribution in [0.4, 0.5) is 8.78 Å². The molecule has 0 unspecified atom stereocenters. The van der Waals surface area contributed by atoms with Gasteiger partial charge in [0.1, 0.15) is 12.4 Å². The number of nitrogens with two attached hydrogens (primary N) is 1. The Balaban J connectivity index is 2.26. The molecular weight excluding hydrogens is 346 g/mol. The Morgan fingerprint density at radius 1 is 1.24 bits per heavy atom. The summed E-state index contributed by atoms with van der Waals surface area (Å²) in [6, 6.07) is 8.03. The average molecular weight is 357 g/mol. The van der Waals surface area contributed by atoms with Crippen molar-refractivity contribution in [1.29, 1.82) is 0 Å². The number of hydrogen-bond acceptors (Lipinski definition) is 3. The molecule has 7 heteroatoms. The van der Waals surface area contributed by atoms with Crippen LogP contribution >= 0.6 is 15.9 Å². The zero-order chi connectivity index (χ0) is 15.4. The van der Waals surface area contributed by atoms with Crippen molar-refractivity contribution in [2.24, 2.45) is 10.9 Å². The zero-order valence-electron chi connectivity index (χ0n) is 10.7. The molecule has 0 aliphatic rings. The van der Waals surface area contributed by atoms with Crippen molar-refractivity contribution in [3.05, 3.63) is 63.6 Å². The smallest absolute Gasteiger partial charge is 0.170 e. The summed E-state index contributed by atoms with van der Waals surface area (Å²) >= 11 is 3.21. The standard InChI is InChI=1S/C14H11BrF2N2O2/c15-9-2-4-12(17)13(5-9)21-7-8-1-3-10(16)6-11(8)14(18)19-20/h1-6,20H,7H2,(H2,18,19). The number of nitrogens with zero attached hydrogens (tertiary/aromatic N) is 1. The second kappa shape index (κ2) is 6.53. The van der Waals surface area contributed by atoms with Crippen LogP contribution in [0.3, 0.4) is 0 Å². The van der Waals surface area contributed by atoms with Gasteiger partial charge in [0.25, 0.3) is 0 Å². The Bertz CT molecular complexity index is 693. The van der Waals surface area contributed by atoms with Gasteiger partial charge in [0.2, 0.25) is 0 Å². The van der Waals surface area contributed by atoms with Gasteiger partial charge in [0, 0.05) is 15.6 Å². The Morgan fingerprint density at radius 3 is 2.71 bits per heavy atom. The number of ether oxygens (including phenoxy) is 1. The molecule has 0 amide bonds. The van der Waals surface area contributed by atoms with Crippen LogP contribution < -0.4 is 10.5 Å². The second-order valence-corrected chi connectivity index (χ2v) is 5.07. The van der Waals surface area contributed by atoms with E-state index in [1.807, 2.05) is 0 Å². The minimum absolute atomic E-state index is 0.0409. The van der Waals surface area contributed by atoms with Crippen LogP contribution in [-0.2, 0) is 6.61 Å². The van der Waals surface area contributed by atoms with Gasteiger partial charge >= 0.3 is 0 Å². The van der Waals surface area contributed by atoms with E-state index in [1.54, 1.807) is 6.07 Å². The topological polar surface area (TPSA) is 67.8 Å². The molecule has 0 saturated carbocycles. The summed E-state index contributed by atoms with van der Waals surface area (Å²) in [6.07, 6.45) is 0. The Kier molecular flexibility index (Phi) is 4.74. The third kappa shape index (κ3) is 3.69. The molecule has 0 aromatic heterocycles. The molecule has 0 saturated heterocycles. The first-order valence-corrected chi connectivity index (χ1v) is 6.64. The van der Waals surface area contributed by atoms with Crippen LogP contribution in [-0.4, -0.2) is 11.0 Å². The van der Waals surface area contributed by atoms with Crippen molar-refractivity contribution in [2.45, 2.75) is 6.61 Å². The van der Waals surface area contributed by atoms with Crippen molar-refractivity contribution in [3.8, 4) is 5.75 Å². The summed E-state index contributed by atoms with van der Waals surface area (Å²) in [4.78, 5) is 0. The maximum atomic E-state index is 13.6.